The maximum Gasteiger partial charge on any atom is 0.246 e. The summed E-state index contributed by atoms with van der Waals surface area (Å²) in [5.74, 6) is 0.0420. The fraction of sp³-hybridized carbons (Fsp3) is 0.455. The van der Waals surface area contributed by atoms with Gasteiger partial charge >= 0.3 is 0 Å². The van der Waals surface area contributed by atoms with Crippen LogP contribution in [0, 0.1) is 13.8 Å². The molecule has 0 N–H and O–H groups in total. The van der Waals surface area contributed by atoms with Crippen LogP contribution >= 0.6 is 0 Å². The molecule has 144 valence electrons. The first-order chi connectivity index (χ1) is 13.0. The van der Waals surface area contributed by atoms with Gasteiger partial charge in [-0.2, -0.15) is 5.10 Å². The molecule has 0 unspecified atom stereocenters. The molecule has 5 heteroatoms. The minimum atomic E-state index is 0.0420. The van der Waals surface area contributed by atoms with E-state index in [4.69, 9.17) is 4.74 Å². The number of methoxy groups -OCH3 is 1. The van der Waals surface area contributed by atoms with Crippen molar-refractivity contribution in [1.29, 1.82) is 0 Å². The molecule has 1 aromatic carbocycles. The summed E-state index contributed by atoms with van der Waals surface area (Å²) in [5.41, 5.74) is 4.25. The van der Waals surface area contributed by atoms with Gasteiger partial charge in [0.15, 0.2) is 0 Å². The molecular formula is C22H29N3O2. The first-order valence-corrected chi connectivity index (χ1v) is 9.57. The molecule has 0 bridgehead atoms. The predicted molar refractivity (Wildman–Crippen MR) is 107 cm³/mol. The molecule has 1 amide bonds. The van der Waals surface area contributed by atoms with Crippen LogP contribution in [0.3, 0.4) is 0 Å². The number of piperidine rings is 1. The van der Waals surface area contributed by atoms with Crippen LogP contribution in [0.25, 0.3) is 6.08 Å². The molecule has 2 atom stereocenters. The van der Waals surface area contributed by atoms with Crippen LogP contribution in [0.15, 0.2) is 36.4 Å². The molecule has 1 saturated heterocycles. The van der Waals surface area contributed by atoms with Crippen molar-refractivity contribution in [3.63, 3.8) is 0 Å². The van der Waals surface area contributed by atoms with E-state index >= 15 is 0 Å². The molecule has 0 spiro atoms. The Hall–Kier alpha value is -2.40. The Morgan fingerprint density at radius 2 is 2.04 bits per heavy atom. The summed E-state index contributed by atoms with van der Waals surface area (Å²) in [5, 5.41) is 4.42. The van der Waals surface area contributed by atoms with E-state index in [0.717, 1.165) is 42.8 Å². The zero-order chi connectivity index (χ0) is 19.4. The van der Waals surface area contributed by atoms with Gasteiger partial charge in [-0.15, -0.1) is 0 Å². The highest BCUT2D eigenvalue weighted by Gasteiger charge is 2.33. The number of nitrogens with zero attached hydrogens (tertiary/aromatic N) is 3. The number of likely N-dealkylation sites (tertiary alicyclic amines) is 1. The van der Waals surface area contributed by atoms with Crippen LogP contribution in [0.5, 0.6) is 0 Å². The molecule has 2 aromatic rings. The quantitative estimate of drug-likeness (QED) is 0.762. The lowest BCUT2D eigenvalue weighted by Crippen LogP contribution is -2.52. The Morgan fingerprint density at radius 3 is 2.67 bits per heavy atom. The zero-order valence-corrected chi connectivity index (χ0v) is 16.7. The van der Waals surface area contributed by atoms with Gasteiger partial charge in [-0.3, -0.25) is 9.48 Å². The summed E-state index contributed by atoms with van der Waals surface area (Å²) in [4.78, 5) is 15.0. The highest BCUT2D eigenvalue weighted by atomic mass is 16.5. The fourth-order valence-electron chi connectivity index (χ4n) is 3.95. The molecule has 1 aliphatic rings. The van der Waals surface area contributed by atoms with E-state index in [1.54, 1.807) is 13.2 Å². The maximum absolute atomic E-state index is 13.0. The average Bonchev–Trinajstić information content (AvgIpc) is 2.92. The lowest BCUT2D eigenvalue weighted by Gasteiger charge is -2.40. The van der Waals surface area contributed by atoms with E-state index in [0.29, 0.717) is 0 Å². The van der Waals surface area contributed by atoms with Gasteiger partial charge in [-0.1, -0.05) is 30.3 Å². The van der Waals surface area contributed by atoms with Crippen molar-refractivity contribution in [3.8, 4) is 0 Å². The number of ether oxygens (including phenoxy) is 1. The lowest BCUT2D eigenvalue weighted by molar-refractivity contribution is -0.134. The third kappa shape index (κ3) is 4.30. The number of benzene rings is 1. The number of hydrogen-bond acceptors (Lipinski definition) is 3. The molecule has 1 fully saturated rings. The molecular weight excluding hydrogens is 338 g/mol. The smallest absolute Gasteiger partial charge is 0.246 e. The molecule has 2 heterocycles. The van der Waals surface area contributed by atoms with E-state index in [2.05, 4.69) is 17.2 Å². The van der Waals surface area contributed by atoms with Gasteiger partial charge in [0.1, 0.15) is 0 Å². The van der Waals surface area contributed by atoms with Gasteiger partial charge in [0.05, 0.1) is 17.8 Å². The minimum Gasteiger partial charge on any atom is -0.379 e. The number of hydrogen-bond donors (Lipinski definition) is 0. The van der Waals surface area contributed by atoms with E-state index in [1.165, 1.54) is 5.56 Å². The second kappa shape index (κ2) is 8.53. The first kappa shape index (κ1) is 19.4. The van der Waals surface area contributed by atoms with Crippen molar-refractivity contribution in [2.45, 2.75) is 45.3 Å². The molecule has 0 aliphatic carbocycles. The Kier molecular flexibility index (Phi) is 6.11. The van der Waals surface area contributed by atoms with Crippen molar-refractivity contribution < 1.29 is 9.53 Å². The van der Waals surface area contributed by atoms with Crippen LogP contribution < -0.4 is 0 Å². The molecule has 27 heavy (non-hydrogen) atoms. The summed E-state index contributed by atoms with van der Waals surface area (Å²) in [7, 11) is 3.67. The summed E-state index contributed by atoms with van der Waals surface area (Å²) >= 11 is 0. The van der Waals surface area contributed by atoms with Crippen molar-refractivity contribution in [2.75, 3.05) is 13.7 Å². The minimum absolute atomic E-state index is 0.0420. The Bertz CT molecular complexity index is 810. The number of aromatic nitrogens is 2. The Labute approximate surface area is 161 Å². The summed E-state index contributed by atoms with van der Waals surface area (Å²) in [6.07, 6.45) is 6.42. The number of carbonyl (C=O) groups is 1. The highest BCUT2D eigenvalue weighted by molar-refractivity contribution is 5.92. The van der Waals surface area contributed by atoms with Crippen LogP contribution in [-0.4, -0.2) is 46.4 Å². The van der Waals surface area contributed by atoms with E-state index in [9.17, 15) is 4.79 Å². The van der Waals surface area contributed by atoms with Crippen molar-refractivity contribution in [1.82, 2.24) is 14.7 Å². The van der Waals surface area contributed by atoms with Gasteiger partial charge in [-0.25, -0.2) is 0 Å². The first-order valence-electron chi connectivity index (χ1n) is 9.57. The van der Waals surface area contributed by atoms with Crippen LogP contribution in [0.4, 0.5) is 0 Å². The molecule has 5 nitrogen and oxygen atoms in total. The fourth-order valence-corrected chi connectivity index (χ4v) is 3.95. The van der Waals surface area contributed by atoms with Gasteiger partial charge in [0.2, 0.25) is 5.91 Å². The van der Waals surface area contributed by atoms with Crippen molar-refractivity contribution in [3.05, 3.63) is 58.9 Å². The van der Waals surface area contributed by atoms with Crippen molar-refractivity contribution in [2.24, 2.45) is 7.05 Å². The second-order valence-corrected chi connectivity index (χ2v) is 7.25. The largest absolute Gasteiger partial charge is 0.379 e. The van der Waals surface area contributed by atoms with Gasteiger partial charge < -0.3 is 9.64 Å². The number of amides is 1. The monoisotopic (exact) mass is 367 g/mol. The third-order valence-corrected chi connectivity index (χ3v) is 5.55. The van der Waals surface area contributed by atoms with Crippen LogP contribution in [0.1, 0.15) is 35.4 Å². The Balaban J connectivity index is 1.80. The molecule has 3 rings (SSSR count). The standard InChI is InChI=1S/C22H29N3O2/c1-16-19(17(2)24(3)23-16)12-13-22(26)25-14-8-11-21(27-4)20(25)15-18-9-6-5-7-10-18/h5-7,9-10,12-13,20-21H,8,11,14-15H2,1-4H3/b13-12+/t20-,21-/m0/s1. The number of carbonyl (C=O) groups excluding carboxylic acids is 1. The molecule has 0 saturated carbocycles. The lowest BCUT2D eigenvalue weighted by atomic mass is 9.92. The molecule has 1 aromatic heterocycles. The zero-order valence-electron chi connectivity index (χ0n) is 16.7. The third-order valence-electron chi connectivity index (χ3n) is 5.55. The second-order valence-electron chi connectivity index (χ2n) is 7.25. The Morgan fingerprint density at radius 1 is 1.30 bits per heavy atom. The van der Waals surface area contributed by atoms with Crippen LogP contribution in [-0.2, 0) is 23.0 Å². The number of aryl methyl sites for hydroxylation is 2. The van der Waals surface area contributed by atoms with Gasteiger partial charge in [0, 0.05) is 38.0 Å². The highest BCUT2D eigenvalue weighted by Crippen LogP contribution is 2.24. The van der Waals surface area contributed by atoms with Gasteiger partial charge in [-0.05, 0) is 44.7 Å². The van der Waals surface area contributed by atoms with E-state index in [-0.39, 0.29) is 18.1 Å². The average molecular weight is 367 g/mol. The molecule has 1 aliphatic heterocycles. The predicted octanol–water partition coefficient (Wildman–Crippen LogP) is 3.30. The number of rotatable bonds is 5. The summed E-state index contributed by atoms with van der Waals surface area (Å²) in [6.45, 7) is 4.76. The van der Waals surface area contributed by atoms with Crippen LogP contribution in [0.2, 0.25) is 0 Å². The summed E-state index contributed by atoms with van der Waals surface area (Å²) in [6, 6.07) is 10.4. The topological polar surface area (TPSA) is 47.4 Å². The normalized spacial score (nSPS) is 20.4. The maximum atomic E-state index is 13.0. The summed E-state index contributed by atoms with van der Waals surface area (Å²) < 4.78 is 7.58. The SMILES string of the molecule is CO[C@H]1CCCN(C(=O)/C=C/c2c(C)nn(C)c2C)[C@H]1Cc1ccccc1. The van der Waals surface area contributed by atoms with E-state index in [1.807, 2.05) is 54.8 Å². The molecule has 0 radical (unpaired) electrons. The van der Waals surface area contributed by atoms with E-state index < -0.39 is 0 Å². The van der Waals surface area contributed by atoms with Gasteiger partial charge in [0.25, 0.3) is 0 Å². The van der Waals surface area contributed by atoms with Crippen molar-refractivity contribution >= 4 is 12.0 Å².